The van der Waals surface area contributed by atoms with E-state index in [0.717, 1.165) is 0 Å². The lowest BCUT2D eigenvalue weighted by Crippen LogP contribution is -2.62. The van der Waals surface area contributed by atoms with Crippen LogP contribution in [0.25, 0.3) is 0 Å². The fraction of sp³-hybridized carbons (Fsp3) is 0.698. The lowest BCUT2D eigenvalue weighted by atomic mass is 9.99. The number of thioether (sulfide) groups is 1. The number of carbonyl (C=O) groups is 10. The monoisotopic (exact) mass is 1150 g/mol. The lowest BCUT2D eigenvalue weighted by Gasteiger charge is -2.28. The quantitative estimate of drug-likeness (QED) is 0.0280. The summed E-state index contributed by atoms with van der Waals surface area (Å²) in [6, 6.07) is -3.79. The summed E-state index contributed by atoms with van der Waals surface area (Å²) in [4.78, 5) is 136. The van der Waals surface area contributed by atoms with Crippen molar-refractivity contribution in [1.29, 1.82) is 0 Å². The number of nitrogens with one attached hydrogen (secondary N) is 9. The average molecular weight is 1150 g/mol. The summed E-state index contributed by atoms with van der Waals surface area (Å²) < 4.78 is 0. The van der Waals surface area contributed by atoms with Crippen molar-refractivity contribution in [3.05, 3.63) is 35.9 Å². The molecule has 0 radical (unpaired) electrons. The molecular formula is C53H92N12O12S2. The van der Waals surface area contributed by atoms with Crippen molar-refractivity contribution in [2.75, 3.05) is 30.9 Å². The number of carboxylic acid groups (broad SMARTS) is 1. The molecule has 0 aromatic heterocycles. The first-order valence-corrected chi connectivity index (χ1v) is 29.2. The number of unbranched alkanes of at least 4 members (excludes halogenated alkanes) is 2. The second kappa shape index (κ2) is 38.2. The fourth-order valence-electron chi connectivity index (χ4n) is 8.03. The minimum absolute atomic E-state index is 0.0416. The van der Waals surface area contributed by atoms with Crippen LogP contribution in [0.4, 0.5) is 0 Å². The van der Waals surface area contributed by atoms with Crippen molar-refractivity contribution >= 4 is 83.5 Å². The molecule has 0 heterocycles. The van der Waals surface area contributed by atoms with Crippen LogP contribution < -0.4 is 65.1 Å². The lowest BCUT2D eigenvalue weighted by molar-refractivity contribution is -0.143. The molecule has 448 valence electrons. The number of aliphatic hydroxyl groups excluding tert-OH is 1. The molecular weight excluding hydrogens is 1060 g/mol. The highest BCUT2D eigenvalue weighted by Crippen LogP contribution is 2.13. The number of aliphatic carboxylic acids is 1. The van der Waals surface area contributed by atoms with Crippen LogP contribution in [0.3, 0.4) is 0 Å². The third-order valence-electron chi connectivity index (χ3n) is 12.6. The van der Waals surface area contributed by atoms with E-state index in [9.17, 15) is 58.2 Å². The van der Waals surface area contributed by atoms with Gasteiger partial charge in [0.2, 0.25) is 53.2 Å². The second-order valence-corrected chi connectivity index (χ2v) is 22.3. The summed E-state index contributed by atoms with van der Waals surface area (Å²) in [5, 5.41) is 43.8. The van der Waals surface area contributed by atoms with Crippen LogP contribution in [0.5, 0.6) is 0 Å². The van der Waals surface area contributed by atoms with Crippen molar-refractivity contribution in [3.8, 4) is 0 Å². The summed E-state index contributed by atoms with van der Waals surface area (Å²) in [6.07, 6.45) is 3.12. The Labute approximate surface area is 475 Å². The maximum absolute atomic E-state index is 14.1. The van der Waals surface area contributed by atoms with Gasteiger partial charge in [-0.15, -0.1) is 0 Å². The van der Waals surface area contributed by atoms with Gasteiger partial charge in [0.05, 0.1) is 12.1 Å². The summed E-state index contributed by atoms with van der Waals surface area (Å²) in [7, 11) is 0. The molecule has 9 amide bonds. The summed E-state index contributed by atoms with van der Waals surface area (Å²) in [5.41, 5.74) is 18.0. The third kappa shape index (κ3) is 27.5. The van der Waals surface area contributed by atoms with E-state index in [2.05, 4.69) is 60.5 Å². The molecule has 0 fully saturated rings. The average Bonchev–Trinajstić information content (AvgIpc) is 3.38. The molecule has 1 aromatic rings. The van der Waals surface area contributed by atoms with Crippen LogP contribution in [0.15, 0.2) is 30.3 Å². The maximum atomic E-state index is 14.1. The Morgan fingerprint density at radius 1 is 0.519 bits per heavy atom. The van der Waals surface area contributed by atoms with E-state index in [1.807, 2.05) is 27.7 Å². The van der Waals surface area contributed by atoms with Crippen molar-refractivity contribution in [1.82, 2.24) is 47.9 Å². The molecule has 17 N–H and O–H groups in total. The zero-order valence-corrected chi connectivity index (χ0v) is 49.1. The Hall–Kier alpha value is -5.54. The first kappa shape index (κ1) is 71.5. The van der Waals surface area contributed by atoms with E-state index in [-0.39, 0.29) is 56.2 Å². The summed E-state index contributed by atoms with van der Waals surface area (Å²) in [5.74, 6) is -8.73. The summed E-state index contributed by atoms with van der Waals surface area (Å²) >= 11 is 5.71. The predicted molar refractivity (Wildman–Crippen MR) is 307 cm³/mol. The van der Waals surface area contributed by atoms with Crippen LogP contribution in [0.1, 0.15) is 119 Å². The van der Waals surface area contributed by atoms with E-state index in [1.54, 1.807) is 50.4 Å². The van der Waals surface area contributed by atoms with Gasteiger partial charge < -0.3 is 75.3 Å². The number of rotatable bonds is 39. The molecule has 0 aliphatic rings. The van der Waals surface area contributed by atoms with Gasteiger partial charge in [0, 0.05) is 12.2 Å². The molecule has 0 unspecified atom stereocenters. The Bertz CT molecular complexity index is 2110. The predicted octanol–water partition coefficient (Wildman–Crippen LogP) is -0.906. The number of carbonyl (C=O) groups excluding carboxylic acids is 9. The molecule has 26 heteroatoms. The van der Waals surface area contributed by atoms with E-state index < -0.39 is 132 Å². The first-order valence-electron chi connectivity index (χ1n) is 27.1. The van der Waals surface area contributed by atoms with Gasteiger partial charge in [-0.25, -0.2) is 4.79 Å². The van der Waals surface area contributed by atoms with Gasteiger partial charge in [-0.05, 0) is 114 Å². The van der Waals surface area contributed by atoms with Crippen molar-refractivity contribution in [2.45, 2.75) is 186 Å². The van der Waals surface area contributed by atoms with Gasteiger partial charge >= 0.3 is 5.97 Å². The van der Waals surface area contributed by atoms with Crippen molar-refractivity contribution in [2.24, 2.45) is 35.0 Å². The minimum Gasteiger partial charge on any atom is -0.480 e. The standard InChI is InChI=1S/C53H92N12O12S2/c1-29(2)25-38(48(71)62-40(53(76)77)26-30(3)4)60-49(72)39(27-34-17-11-10-12-18-34)61-50(73)41(28-78)63-46(69)36(20-14-16-23-55)59-47(70)37(21-24-79-9)58-44(67)32(7)57-52(75)43(33(8)66)65-51(74)42(31(5)6)64-45(68)35(56)19-13-15-22-54/h10-12,17-18,29-33,35-43,66,78H,13-16,19-28,54-56H2,1-9H3,(H,57,75)(H,58,67)(H,59,70)(H,60,72)(H,61,73)(H,62,71)(H,63,69)(H,64,68)(H,65,74)(H,76,77)/t32-,33+,35-,36+,37-,38-,39-,40-,41-,42-,43-/m0/s1. The highest BCUT2D eigenvalue weighted by atomic mass is 32.2. The van der Waals surface area contributed by atoms with Crippen LogP contribution in [0, 0.1) is 17.8 Å². The zero-order chi connectivity index (χ0) is 59.9. The number of carboxylic acids is 1. The number of nitrogens with two attached hydrogens (primary N) is 3. The first-order chi connectivity index (χ1) is 37.2. The van der Waals surface area contributed by atoms with E-state index >= 15 is 0 Å². The number of hydrogen-bond donors (Lipinski definition) is 15. The highest BCUT2D eigenvalue weighted by molar-refractivity contribution is 7.98. The number of amides is 9. The van der Waals surface area contributed by atoms with Crippen LogP contribution in [-0.2, 0) is 54.4 Å². The molecule has 1 aromatic carbocycles. The molecule has 24 nitrogen and oxygen atoms in total. The molecule has 1 rings (SSSR count). The maximum Gasteiger partial charge on any atom is 0.326 e. The largest absolute Gasteiger partial charge is 0.480 e. The van der Waals surface area contributed by atoms with Crippen LogP contribution >= 0.6 is 24.4 Å². The molecule has 0 bridgehead atoms. The van der Waals surface area contributed by atoms with Gasteiger partial charge in [0.25, 0.3) is 0 Å². The van der Waals surface area contributed by atoms with Gasteiger partial charge in [0.15, 0.2) is 0 Å². The molecule has 0 aliphatic heterocycles. The SMILES string of the molecule is CSCC[C@H](NC(=O)[C@H](C)NC(=O)[C@@H](NC(=O)[C@@H](NC(=O)[C@@H](N)CCCCN)C(C)C)[C@@H](C)O)C(=O)N[C@H](CCCCN)C(=O)N[C@@H](CS)C(=O)N[C@@H](Cc1ccccc1)C(=O)N[C@@H](CC(C)C)C(=O)N[C@@H](CC(C)C)C(=O)O. The highest BCUT2D eigenvalue weighted by Gasteiger charge is 2.36. The number of thiol groups is 1. The Morgan fingerprint density at radius 3 is 1.48 bits per heavy atom. The molecule has 0 aliphatic carbocycles. The van der Waals surface area contributed by atoms with Crippen LogP contribution in [-0.4, -0.2) is 167 Å². The fourth-order valence-corrected chi connectivity index (χ4v) is 8.75. The third-order valence-corrected chi connectivity index (χ3v) is 13.6. The molecule has 0 saturated carbocycles. The minimum atomic E-state index is -1.58. The van der Waals surface area contributed by atoms with Gasteiger partial charge in [0.1, 0.15) is 54.4 Å². The topological polar surface area (TPSA) is 397 Å². The number of hydrogen-bond acceptors (Lipinski definition) is 16. The Balaban J connectivity index is 3.35. The normalized spacial score (nSPS) is 15.6. The Morgan fingerprint density at radius 2 is 0.962 bits per heavy atom. The zero-order valence-electron chi connectivity index (χ0n) is 47.4. The summed E-state index contributed by atoms with van der Waals surface area (Å²) in [6.45, 7) is 13.9. The number of aliphatic hydroxyl groups is 1. The van der Waals surface area contributed by atoms with Crippen molar-refractivity contribution < 1.29 is 58.2 Å². The van der Waals surface area contributed by atoms with E-state index in [0.29, 0.717) is 50.0 Å². The molecule has 0 spiro atoms. The Kier molecular flexibility index (Phi) is 34.5. The van der Waals surface area contributed by atoms with Crippen LogP contribution in [0.2, 0.25) is 0 Å². The van der Waals surface area contributed by atoms with E-state index in [4.69, 9.17) is 17.2 Å². The number of benzene rings is 1. The second-order valence-electron chi connectivity index (χ2n) is 21.0. The molecule has 11 atom stereocenters. The van der Waals surface area contributed by atoms with Gasteiger partial charge in [-0.2, -0.15) is 24.4 Å². The van der Waals surface area contributed by atoms with E-state index in [1.165, 1.54) is 25.6 Å². The van der Waals surface area contributed by atoms with Gasteiger partial charge in [-0.1, -0.05) is 78.3 Å². The molecule has 0 saturated heterocycles. The smallest absolute Gasteiger partial charge is 0.326 e. The molecule has 79 heavy (non-hydrogen) atoms. The van der Waals surface area contributed by atoms with Crippen molar-refractivity contribution in [3.63, 3.8) is 0 Å². The van der Waals surface area contributed by atoms with Gasteiger partial charge in [-0.3, -0.25) is 43.2 Å².